The van der Waals surface area contributed by atoms with E-state index in [0.29, 0.717) is 22.4 Å². The summed E-state index contributed by atoms with van der Waals surface area (Å²) in [5.41, 5.74) is 6.53. The van der Waals surface area contributed by atoms with E-state index in [1.807, 2.05) is 6.92 Å². The van der Waals surface area contributed by atoms with Crippen molar-refractivity contribution < 1.29 is 4.52 Å². The van der Waals surface area contributed by atoms with E-state index in [1.165, 1.54) is 0 Å². The SMILES string of the molecule is CC[C@H](C)[C@H](N)c1nc(-c2ncccc2Cl)no1. The van der Waals surface area contributed by atoms with Crippen LogP contribution < -0.4 is 5.73 Å². The summed E-state index contributed by atoms with van der Waals surface area (Å²) in [6, 6.07) is 3.21. The topological polar surface area (TPSA) is 77.8 Å². The second kappa shape index (κ2) is 5.46. The van der Waals surface area contributed by atoms with Gasteiger partial charge in [-0.25, -0.2) is 0 Å². The van der Waals surface area contributed by atoms with Crippen molar-refractivity contribution in [3.8, 4) is 11.5 Å². The first-order valence-electron chi connectivity index (χ1n) is 5.83. The Kier molecular flexibility index (Phi) is 3.93. The largest absolute Gasteiger partial charge is 0.337 e. The number of hydrogen-bond donors (Lipinski definition) is 1. The van der Waals surface area contributed by atoms with E-state index >= 15 is 0 Å². The van der Waals surface area contributed by atoms with Crippen molar-refractivity contribution in [3.05, 3.63) is 29.2 Å². The summed E-state index contributed by atoms with van der Waals surface area (Å²) in [6.07, 6.45) is 2.58. The van der Waals surface area contributed by atoms with Crippen LogP contribution in [0.2, 0.25) is 5.02 Å². The van der Waals surface area contributed by atoms with Crippen LogP contribution in [0.3, 0.4) is 0 Å². The van der Waals surface area contributed by atoms with Crippen LogP contribution in [0, 0.1) is 5.92 Å². The summed E-state index contributed by atoms with van der Waals surface area (Å²) < 4.78 is 5.17. The van der Waals surface area contributed by atoms with Crippen LogP contribution in [0.15, 0.2) is 22.9 Å². The summed E-state index contributed by atoms with van der Waals surface area (Å²) in [5.74, 6) is 1.06. The van der Waals surface area contributed by atoms with E-state index in [9.17, 15) is 0 Å². The fourth-order valence-electron chi connectivity index (χ4n) is 1.51. The highest BCUT2D eigenvalue weighted by molar-refractivity contribution is 6.32. The van der Waals surface area contributed by atoms with E-state index in [-0.39, 0.29) is 12.0 Å². The van der Waals surface area contributed by atoms with Gasteiger partial charge in [0, 0.05) is 6.20 Å². The van der Waals surface area contributed by atoms with Crippen molar-refractivity contribution in [1.82, 2.24) is 15.1 Å². The standard InChI is InChI=1S/C12H15ClN4O/c1-3-7(2)9(14)12-16-11(17-18-12)10-8(13)5-4-6-15-10/h4-7,9H,3,14H2,1-2H3/t7-,9-/m0/s1. The van der Waals surface area contributed by atoms with Gasteiger partial charge < -0.3 is 10.3 Å². The Labute approximate surface area is 110 Å². The highest BCUT2D eigenvalue weighted by atomic mass is 35.5. The summed E-state index contributed by atoms with van der Waals surface area (Å²) in [4.78, 5) is 8.39. The lowest BCUT2D eigenvalue weighted by atomic mass is 10.0. The van der Waals surface area contributed by atoms with Crippen LogP contribution in [-0.4, -0.2) is 15.1 Å². The van der Waals surface area contributed by atoms with E-state index < -0.39 is 0 Å². The molecule has 0 aromatic carbocycles. The van der Waals surface area contributed by atoms with Gasteiger partial charge in [0.05, 0.1) is 11.1 Å². The molecule has 2 N–H and O–H groups in total. The fraction of sp³-hybridized carbons (Fsp3) is 0.417. The van der Waals surface area contributed by atoms with Crippen LogP contribution >= 0.6 is 11.6 Å². The molecular weight excluding hydrogens is 252 g/mol. The van der Waals surface area contributed by atoms with Gasteiger partial charge in [-0.15, -0.1) is 0 Å². The molecule has 0 saturated carbocycles. The van der Waals surface area contributed by atoms with Gasteiger partial charge in [-0.05, 0) is 18.1 Å². The number of aromatic nitrogens is 3. The molecule has 0 saturated heterocycles. The molecule has 96 valence electrons. The van der Waals surface area contributed by atoms with Crippen LogP contribution in [0.5, 0.6) is 0 Å². The monoisotopic (exact) mass is 266 g/mol. The Balaban J connectivity index is 2.29. The zero-order valence-corrected chi connectivity index (χ0v) is 11.1. The average molecular weight is 267 g/mol. The second-order valence-corrected chi connectivity index (χ2v) is 4.61. The molecule has 6 heteroatoms. The van der Waals surface area contributed by atoms with Gasteiger partial charge in [-0.1, -0.05) is 37.0 Å². The molecule has 0 aliphatic carbocycles. The molecule has 0 aliphatic rings. The van der Waals surface area contributed by atoms with Gasteiger partial charge >= 0.3 is 0 Å². The normalized spacial score (nSPS) is 14.4. The zero-order chi connectivity index (χ0) is 13.1. The Bertz CT molecular complexity index is 528. The summed E-state index contributed by atoms with van der Waals surface area (Å²) >= 11 is 6.02. The first kappa shape index (κ1) is 13.0. The van der Waals surface area contributed by atoms with Gasteiger partial charge in [0.25, 0.3) is 0 Å². The minimum atomic E-state index is -0.265. The highest BCUT2D eigenvalue weighted by Crippen LogP contribution is 2.25. The lowest BCUT2D eigenvalue weighted by Gasteiger charge is -2.12. The molecule has 0 aliphatic heterocycles. The molecule has 0 bridgehead atoms. The molecule has 2 rings (SSSR count). The Morgan fingerprint density at radius 3 is 2.94 bits per heavy atom. The predicted octanol–water partition coefficient (Wildman–Crippen LogP) is 2.83. The molecule has 5 nitrogen and oxygen atoms in total. The van der Waals surface area contributed by atoms with Crippen molar-refractivity contribution in [2.75, 3.05) is 0 Å². The molecular formula is C12H15ClN4O. The summed E-state index contributed by atoms with van der Waals surface area (Å²) in [6.45, 7) is 4.11. The molecule has 2 atom stereocenters. The van der Waals surface area contributed by atoms with Crippen molar-refractivity contribution in [2.24, 2.45) is 11.7 Å². The average Bonchev–Trinajstić information content (AvgIpc) is 2.87. The Hall–Kier alpha value is -1.46. The number of hydrogen-bond acceptors (Lipinski definition) is 5. The fourth-order valence-corrected chi connectivity index (χ4v) is 1.72. The molecule has 0 fully saturated rings. The van der Waals surface area contributed by atoms with Gasteiger partial charge in [0.1, 0.15) is 5.69 Å². The van der Waals surface area contributed by atoms with Crippen molar-refractivity contribution >= 4 is 11.6 Å². The third-order valence-electron chi connectivity index (χ3n) is 2.95. The first-order valence-corrected chi connectivity index (χ1v) is 6.21. The quantitative estimate of drug-likeness (QED) is 0.921. The third-order valence-corrected chi connectivity index (χ3v) is 3.26. The molecule has 0 unspecified atom stereocenters. The number of halogens is 1. The van der Waals surface area contributed by atoms with Crippen LogP contribution in [0.25, 0.3) is 11.5 Å². The van der Waals surface area contributed by atoms with Crippen LogP contribution in [-0.2, 0) is 0 Å². The van der Waals surface area contributed by atoms with E-state index in [4.69, 9.17) is 21.9 Å². The number of rotatable bonds is 4. The second-order valence-electron chi connectivity index (χ2n) is 4.20. The maximum Gasteiger partial charge on any atom is 0.244 e. The number of pyridine rings is 1. The lowest BCUT2D eigenvalue weighted by molar-refractivity contribution is 0.312. The van der Waals surface area contributed by atoms with Gasteiger partial charge in [0.2, 0.25) is 11.7 Å². The predicted molar refractivity (Wildman–Crippen MR) is 68.9 cm³/mol. The van der Waals surface area contributed by atoms with E-state index in [0.717, 1.165) is 6.42 Å². The maximum absolute atomic E-state index is 6.03. The Morgan fingerprint density at radius 1 is 1.50 bits per heavy atom. The third kappa shape index (κ3) is 2.52. The van der Waals surface area contributed by atoms with Crippen molar-refractivity contribution in [3.63, 3.8) is 0 Å². The van der Waals surface area contributed by atoms with Crippen molar-refractivity contribution in [1.29, 1.82) is 0 Å². The molecule has 18 heavy (non-hydrogen) atoms. The van der Waals surface area contributed by atoms with Gasteiger partial charge in [-0.2, -0.15) is 4.98 Å². The summed E-state index contributed by atoms with van der Waals surface area (Å²) in [7, 11) is 0. The molecule has 2 aromatic heterocycles. The molecule has 0 amide bonds. The molecule has 2 heterocycles. The first-order chi connectivity index (χ1) is 8.63. The van der Waals surface area contributed by atoms with E-state index in [2.05, 4.69) is 22.0 Å². The number of nitrogens with zero attached hydrogens (tertiary/aromatic N) is 3. The Morgan fingerprint density at radius 2 is 2.28 bits per heavy atom. The lowest BCUT2D eigenvalue weighted by Crippen LogP contribution is -2.18. The van der Waals surface area contributed by atoms with Crippen LogP contribution in [0.1, 0.15) is 32.2 Å². The van der Waals surface area contributed by atoms with Crippen LogP contribution in [0.4, 0.5) is 0 Å². The summed E-state index contributed by atoms with van der Waals surface area (Å²) in [5, 5.41) is 4.36. The minimum absolute atomic E-state index is 0.265. The molecule has 2 aromatic rings. The van der Waals surface area contributed by atoms with Gasteiger partial charge in [-0.3, -0.25) is 4.98 Å². The number of nitrogens with two attached hydrogens (primary N) is 1. The van der Waals surface area contributed by atoms with Gasteiger partial charge in [0.15, 0.2) is 0 Å². The molecule has 0 spiro atoms. The van der Waals surface area contributed by atoms with E-state index in [1.54, 1.807) is 18.3 Å². The highest BCUT2D eigenvalue weighted by Gasteiger charge is 2.21. The zero-order valence-electron chi connectivity index (χ0n) is 10.3. The molecule has 0 radical (unpaired) electrons. The smallest absolute Gasteiger partial charge is 0.244 e. The minimum Gasteiger partial charge on any atom is -0.337 e. The maximum atomic E-state index is 6.03. The van der Waals surface area contributed by atoms with Crippen molar-refractivity contribution in [2.45, 2.75) is 26.3 Å².